The largest absolute Gasteiger partial charge is 0.482 e. The highest BCUT2D eigenvalue weighted by molar-refractivity contribution is 7.99. The molecule has 0 bridgehead atoms. The van der Waals surface area contributed by atoms with Crippen LogP contribution in [0, 0.1) is 5.92 Å². The molecule has 1 atom stereocenters. The van der Waals surface area contributed by atoms with Gasteiger partial charge in [0.1, 0.15) is 5.75 Å². The van der Waals surface area contributed by atoms with E-state index in [1.165, 1.54) is 11.8 Å². The van der Waals surface area contributed by atoms with Gasteiger partial charge in [-0.15, -0.1) is 10.2 Å². The van der Waals surface area contributed by atoms with Crippen LogP contribution in [0.3, 0.4) is 0 Å². The van der Waals surface area contributed by atoms with Crippen LogP contribution in [0.15, 0.2) is 53.7 Å². The SMILES string of the molecule is CC(C)Cn1c(SCC(=O)Nc2cccc(Cl)c2)nnc1C(C)Oc1ccccc1C(C)C. The number of amides is 1. The standard InChI is InChI=1S/C25H31ClN4O2S/c1-16(2)14-30-24(18(5)32-22-12-7-6-11-21(22)17(3)4)28-29-25(30)33-15-23(31)27-20-10-8-9-19(26)13-20/h6-13,16-18H,14-15H2,1-5H3,(H,27,31). The predicted octanol–water partition coefficient (Wildman–Crippen LogP) is 6.58. The zero-order valence-electron chi connectivity index (χ0n) is 19.7. The summed E-state index contributed by atoms with van der Waals surface area (Å²) in [5.74, 6) is 2.43. The van der Waals surface area contributed by atoms with E-state index in [9.17, 15) is 4.79 Å². The number of para-hydroxylation sites is 1. The molecular formula is C25H31ClN4O2S. The minimum Gasteiger partial charge on any atom is -0.482 e. The molecule has 3 aromatic rings. The molecule has 1 N–H and O–H groups in total. The Kier molecular flexibility index (Phi) is 8.80. The molecule has 0 aliphatic carbocycles. The van der Waals surface area contributed by atoms with E-state index in [-0.39, 0.29) is 17.8 Å². The van der Waals surface area contributed by atoms with E-state index >= 15 is 0 Å². The second-order valence-electron chi connectivity index (χ2n) is 8.65. The van der Waals surface area contributed by atoms with E-state index in [1.807, 2.05) is 31.2 Å². The lowest BCUT2D eigenvalue weighted by molar-refractivity contribution is -0.113. The van der Waals surface area contributed by atoms with E-state index in [0.29, 0.717) is 27.7 Å². The number of anilines is 1. The smallest absolute Gasteiger partial charge is 0.234 e. The molecule has 1 amide bonds. The third-order valence-corrected chi connectivity index (χ3v) is 6.14. The Balaban J connectivity index is 1.73. The number of nitrogens with one attached hydrogen (secondary N) is 1. The molecule has 0 radical (unpaired) electrons. The Hall–Kier alpha value is -2.51. The first-order valence-electron chi connectivity index (χ1n) is 11.1. The maximum atomic E-state index is 12.5. The molecule has 176 valence electrons. The quantitative estimate of drug-likeness (QED) is 0.328. The lowest BCUT2D eigenvalue weighted by Gasteiger charge is -2.20. The zero-order chi connectivity index (χ0) is 24.0. The Labute approximate surface area is 205 Å². The second-order valence-corrected chi connectivity index (χ2v) is 10.0. The number of thioether (sulfide) groups is 1. The summed E-state index contributed by atoms with van der Waals surface area (Å²) in [5, 5.41) is 13.0. The summed E-state index contributed by atoms with van der Waals surface area (Å²) in [6.45, 7) is 11.3. The van der Waals surface area contributed by atoms with Gasteiger partial charge in [-0.25, -0.2) is 0 Å². The maximum absolute atomic E-state index is 12.5. The fourth-order valence-electron chi connectivity index (χ4n) is 3.45. The molecule has 0 saturated carbocycles. The van der Waals surface area contributed by atoms with Crippen LogP contribution in [-0.2, 0) is 11.3 Å². The lowest BCUT2D eigenvalue weighted by atomic mass is 10.0. The highest BCUT2D eigenvalue weighted by atomic mass is 35.5. The molecule has 0 spiro atoms. The minimum absolute atomic E-state index is 0.127. The fraction of sp³-hybridized carbons (Fsp3) is 0.400. The monoisotopic (exact) mass is 486 g/mol. The fourth-order valence-corrected chi connectivity index (χ4v) is 4.39. The molecule has 0 fully saturated rings. The van der Waals surface area contributed by atoms with Crippen molar-refractivity contribution in [3.63, 3.8) is 0 Å². The van der Waals surface area contributed by atoms with Crippen LogP contribution in [-0.4, -0.2) is 26.4 Å². The van der Waals surface area contributed by atoms with E-state index in [2.05, 4.69) is 53.8 Å². The molecule has 6 nitrogen and oxygen atoms in total. The van der Waals surface area contributed by atoms with E-state index < -0.39 is 0 Å². The van der Waals surface area contributed by atoms with Gasteiger partial charge in [-0.3, -0.25) is 4.79 Å². The highest BCUT2D eigenvalue weighted by Crippen LogP contribution is 2.31. The van der Waals surface area contributed by atoms with Crippen LogP contribution in [0.5, 0.6) is 5.75 Å². The zero-order valence-corrected chi connectivity index (χ0v) is 21.3. The van der Waals surface area contributed by atoms with Crippen molar-refractivity contribution in [1.29, 1.82) is 0 Å². The van der Waals surface area contributed by atoms with Crippen LogP contribution < -0.4 is 10.1 Å². The van der Waals surface area contributed by atoms with Crippen molar-refractivity contribution < 1.29 is 9.53 Å². The Morgan fingerprint density at radius 1 is 1.09 bits per heavy atom. The average molecular weight is 487 g/mol. The number of carbonyl (C=O) groups is 1. The summed E-state index contributed by atoms with van der Waals surface area (Å²) in [5.41, 5.74) is 1.83. The lowest BCUT2D eigenvalue weighted by Crippen LogP contribution is -2.17. The van der Waals surface area contributed by atoms with Crippen molar-refractivity contribution >= 4 is 35.0 Å². The molecule has 8 heteroatoms. The van der Waals surface area contributed by atoms with Gasteiger partial charge in [0.2, 0.25) is 5.91 Å². The predicted molar refractivity (Wildman–Crippen MR) is 135 cm³/mol. The third-order valence-electron chi connectivity index (χ3n) is 4.94. The summed E-state index contributed by atoms with van der Waals surface area (Å²) < 4.78 is 8.38. The van der Waals surface area contributed by atoms with Crippen LogP contribution in [0.4, 0.5) is 5.69 Å². The van der Waals surface area contributed by atoms with Crippen molar-refractivity contribution in [2.45, 2.75) is 58.3 Å². The van der Waals surface area contributed by atoms with Crippen LogP contribution in [0.2, 0.25) is 5.02 Å². The first kappa shape index (κ1) is 25.1. The van der Waals surface area contributed by atoms with Gasteiger partial charge in [0.15, 0.2) is 17.1 Å². The molecule has 33 heavy (non-hydrogen) atoms. The molecule has 1 aromatic heterocycles. The van der Waals surface area contributed by atoms with Crippen molar-refractivity contribution in [2.75, 3.05) is 11.1 Å². The molecule has 0 saturated heterocycles. The Morgan fingerprint density at radius 3 is 2.55 bits per heavy atom. The highest BCUT2D eigenvalue weighted by Gasteiger charge is 2.22. The first-order chi connectivity index (χ1) is 15.7. The van der Waals surface area contributed by atoms with Gasteiger partial charge in [0.05, 0.1) is 5.75 Å². The van der Waals surface area contributed by atoms with Crippen LogP contribution in [0.25, 0.3) is 0 Å². The molecule has 0 aliphatic rings. The number of benzene rings is 2. The Morgan fingerprint density at radius 2 is 1.85 bits per heavy atom. The van der Waals surface area contributed by atoms with Gasteiger partial charge in [0.25, 0.3) is 0 Å². The van der Waals surface area contributed by atoms with E-state index in [0.717, 1.165) is 23.7 Å². The Bertz CT molecular complexity index is 1080. The van der Waals surface area contributed by atoms with Gasteiger partial charge in [-0.1, -0.05) is 75.3 Å². The summed E-state index contributed by atoms with van der Waals surface area (Å²) in [6, 6.07) is 15.2. The van der Waals surface area contributed by atoms with Crippen LogP contribution >= 0.6 is 23.4 Å². The van der Waals surface area contributed by atoms with Gasteiger partial charge in [-0.05, 0) is 48.6 Å². The number of nitrogens with zero attached hydrogens (tertiary/aromatic N) is 3. The van der Waals surface area contributed by atoms with Crippen molar-refractivity contribution in [3.8, 4) is 5.75 Å². The molecular weight excluding hydrogens is 456 g/mol. The topological polar surface area (TPSA) is 69.0 Å². The van der Waals surface area contributed by atoms with Gasteiger partial charge >= 0.3 is 0 Å². The average Bonchev–Trinajstić information content (AvgIpc) is 3.14. The number of hydrogen-bond donors (Lipinski definition) is 1. The van der Waals surface area contributed by atoms with Gasteiger partial charge in [-0.2, -0.15) is 0 Å². The number of ether oxygens (including phenoxy) is 1. The molecule has 2 aromatic carbocycles. The number of rotatable bonds is 10. The van der Waals surface area contributed by atoms with Crippen LogP contribution in [0.1, 0.15) is 58.0 Å². The first-order valence-corrected chi connectivity index (χ1v) is 12.5. The molecule has 1 heterocycles. The minimum atomic E-state index is -0.286. The molecule has 0 aliphatic heterocycles. The summed E-state index contributed by atoms with van der Waals surface area (Å²) >= 11 is 7.36. The third kappa shape index (κ3) is 6.98. The van der Waals surface area contributed by atoms with Crippen molar-refractivity contribution in [2.24, 2.45) is 5.92 Å². The number of aromatic nitrogens is 3. The summed E-state index contributed by atoms with van der Waals surface area (Å²) in [7, 11) is 0. The summed E-state index contributed by atoms with van der Waals surface area (Å²) in [4.78, 5) is 12.5. The van der Waals surface area contributed by atoms with Gasteiger partial charge in [0, 0.05) is 17.3 Å². The van der Waals surface area contributed by atoms with E-state index in [4.69, 9.17) is 16.3 Å². The normalized spacial score (nSPS) is 12.2. The molecule has 3 rings (SSSR count). The number of hydrogen-bond acceptors (Lipinski definition) is 5. The van der Waals surface area contributed by atoms with Crippen molar-refractivity contribution in [3.05, 3.63) is 64.9 Å². The number of carbonyl (C=O) groups excluding carboxylic acids is 1. The van der Waals surface area contributed by atoms with Crippen molar-refractivity contribution in [1.82, 2.24) is 14.8 Å². The summed E-state index contributed by atoms with van der Waals surface area (Å²) in [6.07, 6.45) is -0.286. The number of halogens is 1. The van der Waals surface area contributed by atoms with E-state index in [1.54, 1.807) is 18.2 Å². The maximum Gasteiger partial charge on any atom is 0.234 e. The van der Waals surface area contributed by atoms with Gasteiger partial charge < -0.3 is 14.6 Å². The molecule has 1 unspecified atom stereocenters. The second kappa shape index (κ2) is 11.6.